The molecule has 0 unspecified atom stereocenters. The molecule has 2 heterocycles. The van der Waals surface area contributed by atoms with Crippen LogP contribution in [-0.4, -0.2) is 43.0 Å². The number of para-hydroxylation sites is 1. The van der Waals surface area contributed by atoms with Gasteiger partial charge in [-0.15, -0.1) is 0 Å². The van der Waals surface area contributed by atoms with Gasteiger partial charge >= 0.3 is 0 Å². The van der Waals surface area contributed by atoms with E-state index in [9.17, 15) is 9.59 Å². The number of anilines is 1. The van der Waals surface area contributed by atoms with Gasteiger partial charge in [-0.25, -0.2) is 0 Å². The van der Waals surface area contributed by atoms with Gasteiger partial charge in [0.25, 0.3) is 5.56 Å². The van der Waals surface area contributed by atoms with Crippen molar-refractivity contribution in [3.8, 4) is 0 Å². The number of rotatable bonds is 2. The third-order valence-electron chi connectivity index (χ3n) is 4.49. The molecule has 22 heavy (non-hydrogen) atoms. The van der Waals surface area contributed by atoms with Crippen molar-refractivity contribution >= 4 is 22.5 Å². The molecule has 1 aromatic carbocycles. The summed E-state index contributed by atoms with van der Waals surface area (Å²) in [6.07, 6.45) is 1.70. The number of nitrogens with zero attached hydrogens (tertiary/aromatic N) is 2. The van der Waals surface area contributed by atoms with Crippen molar-refractivity contribution in [1.82, 2.24) is 9.88 Å². The lowest BCUT2D eigenvalue weighted by Gasteiger charge is -2.30. The van der Waals surface area contributed by atoms with Gasteiger partial charge in [-0.1, -0.05) is 18.2 Å². The topological polar surface area (TPSA) is 56.4 Å². The van der Waals surface area contributed by atoms with Crippen molar-refractivity contribution in [3.05, 3.63) is 40.7 Å². The van der Waals surface area contributed by atoms with E-state index in [4.69, 9.17) is 0 Å². The average molecular weight is 299 g/mol. The van der Waals surface area contributed by atoms with Gasteiger partial charge in [0.05, 0.1) is 0 Å². The summed E-state index contributed by atoms with van der Waals surface area (Å²) >= 11 is 0. The zero-order valence-corrected chi connectivity index (χ0v) is 13.0. The molecule has 1 fully saturated rings. The number of carbonyl (C=O) groups excluding carboxylic acids is 1. The Bertz CT molecular complexity index is 745. The smallest absolute Gasteiger partial charge is 0.272 e. The predicted molar refractivity (Wildman–Crippen MR) is 88.2 cm³/mol. The van der Waals surface area contributed by atoms with E-state index in [1.807, 2.05) is 24.3 Å². The molecule has 1 saturated heterocycles. The van der Waals surface area contributed by atoms with E-state index in [0.29, 0.717) is 5.69 Å². The molecule has 1 N–H and O–H groups in total. The number of hydrogen-bond acceptors (Lipinski definition) is 3. The largest absolute Gasteiger partial charge is 0.320 e. The Morgan fingerprint density at radius 2 is 1.95 bits per heavy atom. The first kappa shape index (κ1) is 14.8. The highest BCUT2D eigenvalue weighted by Crippen LogP contribution is 2.22. The first-order valence-electron chi connectivity index (χ1n) is 7.64. The normalized spacial score (nSPS) is 16.8. The Kier molecular flexibility index (Phi) is 3.98. The highest BCUT2D eigenvalue weighted by atomic mass is 16.2. The number of piperidine rings is 1. The third-order valence-corrected chi connectivity index (χ3v) is 4.49. The van der Waals surface area contributed by atoms with E-state index in [1.165, 1.54) is 4.90 Å². The molecule has 1 amide bonds. The molecule has 0 atom stereocenters. The lowest BCUT2D eigenvalue weighted by atomic mass is 9.95. The third kappa shape index (κ3) is 2.76. The summed E-state index contributed by atoms with van der Waals surface area (Å²) in [7, 11) is 3.76. The standard InChI is InChI=1S/C17H21N3O2/c1-19-9-7-12(8-10-19)17(22)20(2)15-11-13-5-3-4-6-14(13)18-16(15)21/h3-6,11-12H,7-10H2,1-2H3,(H,18,21). The number of pyridine rings is 1. The van der Waals surface area contributed by atoms with Gasteiger partial charge in [-0.2, -0.15) is 0 Å². The Morgan fingerprint density at radius 3 is 2.68 bits per heavy atom. The van der Waals surface area contributed by atoms with Crippen molar-refractivity contribution in [2.24, 2.45) is 5.92 Å². The summed E-state index contributed by atoms with van der Waals surface area (Å²) in [5.41, 5.74) is 0.987. The van der Waals surface area contributed by atoms with Crippen molar-refractivity contribution < 1.29 is 4.79 Å². The molecule has 3 rings (SSSR count). The zero-order chi connectivity index (χ0) is 15.7. The number of hydrogen-bond donors (Lipinski definition) is 1. The maximum Gasteiger partial charge on any atom is 0.272 e. The number of fused-ring (bicyclic) bond motifs is 1. The van der Waals surface area contributed by atoms with Crippen LogP contribution in [0.3, 0.4) is 0 Å². The molecule has 1 aromatic heterocycles. The molecular weight excluding hydrogens is 278 g/mol. The van der Waals surface area contributed by atoms with Gasteiger partial charge < -0.3 is 14.8 Å². The van der Waals surface area contributed by atoms with Crippen LogP contribution in [0.5, 0.6) is 0 Å². The summed E-state index contributed by atoms with van der Waals surface area (Å²) in [6, 6.07) is 9.39. The van der Waals surface area contributed by atoms with Gasteiger partial charge in [0.15, 0.2) is 0 Å². The van der Waals surface area contributed by atoms with Gasteiger partial charge in [-0.3, -0.25) is 9.59 Å². The quantitative estimate of drug-likeness (QED) is 0.920. The summed E-state index contributed by atoms with van der Waals surface area (Å²) in [5.74, 6) is 0.0425. The van der Waals surface area contributed by atoms with E-state index in [2.05, 4.69) is 16.9 Å². The molecular formula is C17H21N3O2. The summed E-state index contributed by atoms with van der Waals surface area (Å²) in [5, 5.41) is 0.931. The minimum Gasteiger partial charge on any atom is -0.320 e. The van der Waals surface area contributed by atoms with Crippen molar-refractivity contribution in [2.45, 2.75) is 12.8 Å². The van der Waals surface area contributed by atoms with Crippen LogP contribution in [-0.2, 0) is 4.79 Å². The molecule has 5 nitrogen and oxygen atoms in total. The molecule has 5 heteroatoms. The van der Waals surface area contributed by atoms with Crippen molar-refractivity contribution in [1.29, 1.82) is 0 Å². The minimum absolute atomic E-state index is 0.00655. The highest BCUT2D eigenvalue weighted by molar-refractivity contribution is 5.96. The molecule has 1 aliphatic rings. The summed E-state index contributed by atoms with van der Waals surface area (Å²) in [6.45, 7) is 1.86. The first-order chi connectivity index (χ1) is 10.6. The molecule has 2 aromatic rings. The number of benzene rings is 1. The van der Waals surface area contributed by atoms with Gasteiger partial charge in [0.2, 0.25) is 5.91 Å². The summed E-state index contributed by atoms with van der Waals surface area (Å²) in [4.78, 5) is 31.5. The van der Waals surface area contributed by atoms with Gasteiger partial charge in [0.1, 0.15) is 5.69 Å². The maximum absolute atomic E-state index is 12.6. The van der Waals surface area contributed by atoms with Crippen LogP contribution in [0.4, 0.5) is 5.69 Å². The van der Waals surface area contributed by atoms with E-state index < -0.39 is 0 Å². The van der Waals surface area contributed by atoms with Crippen LogP contribution < -0.4 is 10.5 Å². The van der Waals surface area contributed by atoms with Crippen LogP contribution >= 0.6 is 0 Å². The van der Waals surface area contributed by atoms with Crippen LogP contribution in [0, 0.1) is 5.92 Å². The highest BCUT2D eigenvalue weighted by Gasteiger charge is 2.27. The number of nitrogens with one attached hydrogen (secondary N) is 1. The Balaban J connectivity index is 1.88. The lowest BCUT2D eigenvalue weighted by Crippen LogP contribution is -2.41. The molecule has 0 radical (unpaired) electrons. The number of carbonyl (C=O) groups is 1. The monoisotopic (exact) mass is 299 g/mol. The number of amides is 1. The molecule has 1 aliphatic heterocycles. The van der Waals surface area contributed by atoms with E-state index in [-0.39, 0.29) is 17.4 Å². The van der Waals surface area contributed by atoms with Crippen LogP contribution in [0.2, 0.25) is 0 Å². The van der Waals surface area contributed by atoms with Crippen molar-refractivity contribution in [3.63, 3.8) is 0 Å². The number of H-pyrrole nitrogens is 1. The first-order valence-corrected chi connectivity index (χ1v) is 7.64. The Morgan fingerprint density at radius 1 is 1.27 bits per heavy atom. The van der Waals surface area contributed by atoms with Crippen LogP contribution in [0.25, 0.3) is 10.9 Å². The maximum atomic E-state index is 12.6. The molecule has 116 valence electrons. The van der Waals surface area contributed by atoms with Gasteiger partial charge in [0, 0.05) is 23.9 Å². The second kappa shape index (κ2) is 5.93. The number of aromatic nitrogens is 1. The number of aromatic amines is 1. The zero-order valence-electron chi connectivity index (χ0n) is 13.0. The van der Waals surface area contributed by atoms with E-state index in [1.54, 1.807) is 13.1 Å². The molecule has 0 aliphatic carbocycles. The fourth-order valence-corrected chi connectivity index (χ4v) is 3.03. The number of likely N-dealkylation sites (tertiary alicyclic amines) is 1. The average Bonchev–Trinajstić information content (AvgIpc) is 2.53. The van der Waals surface area contributed by atoms with E-state index in [0.717, 1.165) is 36.8 Å². The van der Waals surface area contributed by atoms with Crippen LogP contribution in [0.15, 0.2) is 35.1 Å². The predicted octanol–water partition coefficient (Wildman–Crippen LogP) is 1.83. The second-order valence-corrected chi connectivity index (χ2v) is 6.05. The molecule has 0 saturated carbocycles. The van der Waals surface area contributed by atoms with Gasteiger partial charge in [-0.05, 0) is 45.1 Å². The Labute approximate surface area is 129 Å². The lowest BCUT2D eigenvalue weighted by molar-refractivity contribution is -0.123. The molecule has 0 spiro atoms. The molecule has 0 bridgehead atoms. The SMILES string of the molecule is CN1CCC(C(=O)N(C)c2cc3ccccc3[nH]c2=O)CC1. The Hall–Kier alpha value is -2.14. The van der Waals surface area contributed by atoms with E-state index >= 15 is 0 Å². The fraction of sp³-hybridized carbons (Fsp3) is 0.412. The minimum atomic E-state index is -0.220. The summed E-state index contributed by atoms with van der Waals surface area (Å²) < 4.78 is 0. The van der Waals surface area contributed by atoms with Crippen molar-refractivity contribution in [2.75, 3.05) is 32.1 Å². The second-order valence-electron chi connectivity index (χ2n) is 6.05. The fourth-order valence-electron chi connectivity index (χ4n) is 3.03. The van der Waals surface area contributed by atoms with Crippen LogP contribution in [0.1, 0.15) is 12.8 Å².